The molecule has 0 saturated heterocycles. The molecule has 0 bridgehead atoms. The zero-order valence-corrected chi connectivity index (χ0v) is 7.75. The molecule has 1 heterocycles. The molecule has 0 atom stereocenters. The maximum Gasteiger partial charge on any atom is 0.281 e. The van der Waals surface area contributed by atoms with E-state index in [9.17, 15) is 15.2 Å². The summed E-state index contributed by atoms with van der Waals surface area (Å²) in [5, 5.41) is 21.7. The molecule has 0 amide bonds. The molecule has 0 radical (unpaired) electrons. The maximum atomic E-state index is 10.6. The van der Waals surface area contributed by atoms with Crippen LogP contribution in [0.3, 0.4) is 0 Å². The van der Waals surface area contributed by atoms with Crippen molar-refractivity contribution in [1.82, 2.24) is 0 Å². The summed E-state index contributed by atoms with van der Waals surface area (Å²) in [6.07, 6.45) is 0. The number of anilines is 1. The molecule has 0 saturated carbocycles. The van der Waals surface area contributed by atoms with Crippen LogP contribution >= 0.6 is 11.3 Å². The molecule has 0 unspecified atom stereocenters. The fraction of sp³-hybridized carbons (Fsp3) is 0. The smallest absolute Gasteiger partial charge is 0.281 e. The van der Waals surface area contributed by atoms with Gasteiger partial charge in [-0.2, -0.15) is 0 Å². The van der Waals surface area contributed by atoms with Crippen molar-refractivity contribution in [3.8, 4) is 5.75 Å². The number of nitrogens with zero attached hydrogens (tertiary/aromatic N) is 1. The number of nitro benzene ring substituents is 1. The minimum atomic E-state index is -0.534. The van der Waals surface area contributed by atoms with E-state index in [1.807, 2.05) is 0 Å². The second-order valence-corrected chi connectivity index (χ2v) is 3.64. The number of nitrogens with two attached hydrogens (primary N) is 1. The zero-order valence-electron chi connectivity index (χ0n) is 6.93. The van der Waals surface area contributed by atoms with E-state index < -0.39 is 4.92 Å². The summed E-state index contributed by atoms with van der Waals surface area (Å²) in [4.78, 5) is 10.1. The first-order valence-electron chi connectivity index (χ1n) is 3.74. The summed E-state index contributed by atoms with van der Waals surface area (Å²) in [7, 11) is 0. The molecule has 0 spiro atoms. The van der Waals surface area contributed by atoms with Crippen LogP contribution in [0.5, 0.6) is 5.75 Å². The molecule has 0 aliphatic carbocycles. The van der Waals surface area contributed by atoms with E-state index in [1.165, 1.54) is 28.8 Å². The SMILES string of the molecule is Nc1ccc([N+](=O)[O-])c2c(O)csc12. The van der Waals surface area contributed by atoms with Gasteiger partial charge >= 0.3 is 0 Å². The largest absolute Gasteiger partial charge is 0.506 e. The zero-order chi connectivity index (χ0) is 10.3. The average molecular weight is 210 g/mol. The second kappa shape index (κ2) is 2.85. The third kappa shape index (κ3) is 1.08. The molecule has 3 N–H and O–H groups in total. The molecule has 0 fully saturated rings. The average Bonchev–Trinajstić information content (AvgIpc) is 2.50. The molecule has 0 aliphatic heterocycles. The molecule has 5 nitrogen and oxygen atoms in total. The van der Waals surface area contributed by atoms with Crippen molar-refractivity contribution < 1.29 is 10.0 Å². The van der Waals surface area contributed by atoms with Gasteiger partial charge in [-0.05, 0) is 6.07 Å². The van der Waals surface area contributed by atoms with Crippen LogP contribution < -0.4 is 5.73 Å². The molecular weight excluding hydrogens is 204 g/mol. The lowest BCUT2D eigenvalue weighted by Gasteiger charge is -1.97. The Morgan fingerprint density at radius 3 is 2.86 bits per heavy atom. The first-order valence-corrected chi connectivity index (χ1v) is 4.62. The van der Waals surface area contributed by atoms with Crippen LogP contribution in [0.4, 0.5) is 11.4 Å². The summed E-state index contributed by atoms with van der Waals surface area (Å²) < 4.78 is 0.553. The number of hydrogen-bond donors (Lipinski definition) is 2. The quantitative estimate of drug-likeness (QED) is 0.428. The standard InChI is InChI=1S/C8H6N2O3S/c9-4-1-2-5(10(12)13)7-6(11)3-14-8(4)7/h1-3,11H,9H2. The topological polar surface area (TPSA) is 89.4 Å². The van der Waals surface area contributed by atoms with Gasteiger partial charge in [-0.3, -0.25) is 10.1 Å². The predicted octanol–water partition coefficient (Wildman–Crippen LogP) is 2.10. The van der Waals surface area contributed by atoms with Crippen LogP contribution in [0.2, 0.25) is 0 Å². The lowest BCUT2D eigenvalue weighted by Crippen LogP contribution is -1.90. The van der Waals surface area contributed by atoms with Crippen LogP contribution in [-0.4, -0.2) is 10.0 Å². The van der Waals surface area contributed by atoms with Gasteiger partial charge in [0.25, 0.3) is 5.69 Å². The molecule has 14 heavy (non-hydrogen) atoms. The number of nitrogen functional groups attached to an aromatic ring is 1. The highest BCUT2D eigenvalue weighted by Crippen LogP contribution is 2.40. The van der Waals surface area contributed by atoms with Crippen LogP contribution in [0.15, 0.2) is 17.5 Å². The molecule has 0 aliphatic rings. The van der Waals surface area contributed by atoms with Gasteiger partial charge in [-0.1, -0.05) is 0 Å². The molecule has 1 aromatic heterocycles. The predicted molar refractivity (Wildman–Crippen MR) is 54.6 cm³/mol. The van der Waals surface area contributed by atoms with Crippen LogP contribution in [0, 0.1) is 10.1 Å². The van der Waals surface area contributed by atoms with E-state index in [2.05, 4.69) is 0 Å². The van der Waals surface area contributed by atoms with Crippen LogP contribution in [-0.2, 0) is 0 Å². The Morgan fingerprint density at radius 1 is 1.50 bits per heavy atom. The Hall–Kier alpha value is -1.82. The molecular formula is C8H6N2O3S. The minimum absolute atomic E-state index is 0.0935. The fourth-order valence-electron chi connectivity index (χ4n) is 1.29. The van der Waals surface area contributed by atoms with Crippen molar-refractivity contribution in [1.29, 1.82) is 0 Å². The molecule has 2 rings (SSSR count). The van der Waals surface area contributed by atoms with Crippen molar-refractivity contribution in [2.24, 2.45) is 0 Å². The van der Waals surface area contributed by atoms with Crippen molar-refractivity contribution in [3.05, 3.63) is 27.6 Å². The van der Waals surface area contributed by atoms with Gasteiger partial charge in [0.1, 0.15) is 11.1 Å². The summed E-state index contributed by atoms with van der Waals surface area (Å²) >= 11 is 1.19. The van der Waals surface area contributed by atoms with Gasteiger partial charge in [-0.25, -0.2) is 0 Å². The number of thiophene rings is 1. The van der Waals surface area contributed by atoms with Crippen molar-refractivity contribution in [2.75, 3.05) is 5.73 Å². The summed E-state index contributed by atoms with van der Waals surface area (Å²) in [6.45, 7) is 0. The highest BCUT2D eigenvalue weighted by atomic mass is 32.1. The van der Waals surface area contributed by atoms with Gasteiger partial charge in [0, 0.05) is 11.4 Å². The van der Waals surface area contributed by atoms with Crippen molar-refractivity contribution in [3.63, 3.8) is 0 Å². The Bertz CT molecular complexity index is 521. The summed E-state index contributed by atoms with van der Waals surface area (Å²) in [5.41, 5.74) is 5.94. The summed E-state index contributed by atoms with van der Waals surface area (Å²) in [5.74, 6) is -0.0935. The number of benzene rings is 1. The van der Waals surface area contributed by atoms with E-state index in [0.29, 0.717) is 10.4 Å². The van der Waals surface area contributed by atoms with E-state index in [-0.39, 0.29) is 16.8 Å². The lowest BCUT2D eigenvalue weighted by atomic mass is 10.2. The van der Waals surface area contributed by atoms with Gasteiger partial charge < -0.3 is 10.8 Å². The van der Waals surface area contributed by atoms with Crippen molar-refractivity contribution >= 4 is 32.8 Å². The first kappa shape index (κ1) is 8.76. The second-order valence-electron chi connectivity index (χ2n) is 2.76. The fourth-order valence-corrected chi connectivity index (χ4v) is 2.17. The van der Waals surface area contributed by atoms with Crippen LogP contribution in [0.1, 0.15) is 0 Å². The Labute approximate surface area is 82.5 Å². The third-order valence-corrected chi connectivity index (χ3v) is 2.92. The van der Waals surface area contributed by atoms with Crippen LogP contribution in [0.25, 0.3) is 10.1 Å². The number of nitro groups is 1. The number of fused-ring (bicyclic) bond motifs is 1. The number of rotatable bonds is 1. The van der Waals surface area contributed by atoms with Gasteiger partial charge in [0.15, 0.2) is 0 Å². The molecule has 6 heteroatoms. The molecule has 72 valence electrons. The van der Waals surface area contributed by atoms with E-state index >= 15 is 0 Å². The highest BCUT2D eigenvalue weighted by Gasteiger charge is 2.18. The monoisotopic (exact) mass is 210 g/mol. The molecule has 1 aromatic carbocycles. The van der Waals surface area contributed by atoms with Gasteiger partial charge in [0.2, 0.25) is 0 Å². The summed E-state index contributed by atoms with van der Waals surface area (Å²) in [6, 6.07) is 2.76. The Morgan fingerprint density at radius 2 is 2.21 bits per heavy atom. The maximum absolute atomic E-state index is 10.6. The Kier molecular flexibility index (Phi) is 1.78. The number of aromatic hydroxyl groups is 1. The van der Waals surface area contributed by atoms with E-state index in [0.717, 1.165) is 0 Å². The van der Waals surface area contributed by atoms with Gasteiger partial charge in [-0.15, -0.1) is 11.3 Å². The lowest BCUT2D eigenvalue weighted by molar-refractivity contribution is -0.383. The van der Waals surface area contributed by atoms with E-state index in [4.69, 9.17) is 5.73 Å². The number of non-ortho nitro benzene ring substituents is 1. The normalized spacial score (nSPS) is 10.6. The first-order chi connectivity index (χ1) is 6.61. The third-order valence-electron chi connectivity index (χ3n) is 1.91. The Balaban J connectivity index is 2.92. The van der Waals surface area contributed by atoms with Crippen molar-refractivity contribution in [2.45, 2.75) is 0 Å². The minimum Gasteiger partial charge on any atom is -0.506 e. The number of hydrogen-bond acceptors (Lipinski definition) is 5. The van der Waals surface area contributed by atoms with Gasteiger partial charge in [0.05, 0.1) is 15.3 Å². The highest BCUT2D eigenvalue weighted by molar-refractivity contribution is 7.18. The molecule has 2 aromatic rings. The van der Waals surface area contributed by atoms with E-state index in [1.54, 1.807) is 0 Å².